The lowest BCUT2D eigenvalue weighted by Gasteiger charge is -2.33. The first-order valence-corrected chi connectivity index (χ1v) is 7.01. The van der Waals surface area contributed by atoms with Crippen molar-refractivity contribution < 1.29 is 5.21 Å². The van der Waals surface area contributed by atoms with E-state index < -0.39 is 0 Å². The summed E-state index contributed by atoms with van der Waals surface area (Å²) in [5.41, 5.74) is 0. The van der Waals surface area contributed by atoms with Gasteiger partial charge in [0, 0.05) is 11.0 Å². The van der Waals surface area contributed by atoms with Crippen LogP contribution in [0.3, 0.4) is 0 Å². The van der Waals surface area contributed by atoms with E-state index in [1.54, 1.807) is 6.21 Å². The molecule has 1 aromatic heterocycles. The maximum atomic E-state index is 8.94. The Morgan fingerprint density at radius 3 is 3.12 bits per heavy atom. The van der Waals surface area contributed by atoms with Crippen LogP contribution in [0.15, 0.2) is 15.7 Å². The second kappa shape index (κ2) is 5.52. The highest BCUT2D eigenvalue weighted by Crippen LogP contribution is 2.36. The molecular weight excluding hydrogens is 302 g/mol. The summed E-state index contributed by atoms with van der Waals surface area (Å²) in [5, 5.41) is 21.8. The van der Waals surface area contributed by atoms with Crippen LogP contribution in [0.5, 0.6) is 0 Å². The molecule has 0 aliphatic carbocycles. The maximum Gasteiger partial charge on any atom is 0.121 e. The molecule has 1 saturated heterocycles. The summed E-state index contributed by atoms with van der Waals surface area (Å²) in [6.45, 7) is 0.939. The number of anilines is 1. The smallest absolute Gasteiger partial charge is 0.121 e. The molecule has 1 aromatic rings. The Kier molecular flexibility index (Phi) is 4.02. The van der Waals surface area contributed by atoms with Crippen molar-refractivity contribution in [2.24, 2.45) is 5.16 Å². The van der Waals surface area contributed by atoms with Crippen LogP contribution in [0.25, 0.3) is 0 Å². The third kappa shape index (κ3) is 2.61. The van der Waals surface area contributed by atoms with Crippen LogP contribution in [0.2, 0.25) is 0 Å². The summed E-state index contributed by atoms with van der Waals surface area (Å²) < 4.78 is 0.838. The normalized spacial score (nSPS) is 20.7. The first-order valence-electron chi connectivity index (χ1n) is 5.40. The van der Waals surface area contributed by atoms with Crippen LogP contribution in [-0.4, -0.2) is 24.0 Å². The van der Waals surface area contributed by atoms with Gasteiger partial charge < -0.3 is 10.1 Å². The number of nitrogens with zero attached hydrogens (tertiary/aromatic N) is 3. The quantitative estimate of drug-likeness (QED) is 0.518. The lowest BCUT2D eigenvalue weighted by atomic mass is 10.0. The van der Waals surface area contributed by atoms with E-state index in [-0.39, 0.29) is 6.04 Å². The second-order valence-electron chi connectivity index (χ2n) is 3.89. The van der Waals surface area contributed by atoms with Crippen molar-refractivity contribution in [3.8, 4) is 6.07 Å². The summed E-state index contributed by atoms with van der Waals surface area (Å²) in [4.78, 5) is 2.88. The van der Waals surface area contributed by atoms with Crippen molar-refractivity contribution in [2.45, 2.75) is 25.3 Å². The van der Waals surface area contributed by atoms with Crippen molar-refractivity contribution in [1.29, 1.82) is 5.26 Å². The fourth-order valence-electron chi connectivity index (χ4n) is 2.04. The largest absolute Gasteiger partial charge is 0.411 e. The zero-order valence-electron chi connectivity index (χ0n) is 9.14. The molecule has 17 heavy (non-hydrogen) atoms. The average molecular weight is 314 g/mol. The van der Waals surface area contributed by atoms with Gasteiger partial charge in [-0.05, 0) is 41.3 Å². The van der Waals surface area contributed by atoms with Crippen LogP contribution in [-0.2, 0) is 0 Å². The topological polar surface area (TPSA) is 59.6 Å². The van der Waals surface area contributed by atoms with E-state index in [9.17, 15) is 0 Å². The van der Waals surface area contributed by atoms with E-state index in [0.29, 0.717) is 4.88 Å². The molecule has 1 atom stereocenters. The van der Waals surface area contributed by atoms with Gasteiger partial charge in [-0.15, -0.1) is 11.3 Å². The van der Waals surface area contributed by atoms with Gasteiger partial charge in [-0.25, -0.2) is 0 Å². The minimum absolute atomic E-state index is 0.130. The Hall–Kier alpha value is -1.06. The summed E-state index contributed by atoms with van der Waals surface area (Å²) in [5.74, 6) is 0. The number of nitriles is 1. The van der Waals surface area contributed by atoms with Crippen LogP contribution in [0.4, 0.5) is 5.00 Å². The van der Waals surface area contributed by atoms with Gasteiger partial charge in [-0.2, -0.15) is 5.26 Å². The van der Waals surface area contributed by atoms with Gasteiger partial charge in [0.15, 0.2) is 0 Å². The second-order valence-corrected chi connectivity index (χ2v) is 5.78. The number of rotatable bonds is 2. The zero-order chi connectivity index (χ0) is 12.3. The van der Waals surface area contributed by atoms with Gasteiger partial charge in [-0.1, -0.05) is 5.16 Å². The van der Waals surface area contributed by atoms with Gasteiger partial charge in [0.25, 0.3) is 0 Å². The number of thiophene rings is 1. The molecule has 90 valence electrons. The Balaban J connectivity index is 2.26. The molecule has 6 heteroatoms. The Labute approximate surface area is 112 Å². The summed E-state index contributed by atoms with van der Waals surface area (Å²) in [7, 11) is 0. The Morgan fingerprint density at radius 1 is 1.65 bits per heavy atom. The fraction of sp³-hybridized carbons (Fsp3) is 0.455. The van der Waals surface area contributed by atoms with Gasteiger partial charge in [0.1, 0.15) is 10.9 Å². The molecule has 1 fully saturated rings. The first-order chi connectivity index (χ1) is 8.26. The highest BCUT2D eigenvalue weighted by molar-refractivity contribution is 9.10. The van der Waals surface area contributed by atoms with Crippen molar-refractivity contribution in [3.63, 3.8) is 0 Å². The lowest BCUT2D eigenvalue weighted by molar-refractivity contribution is 0.318. The molecule has 1 aliphatic heterocycles. The standard InChI is InChI=1S/C11H12BrN3OS/c12-9-5-11(17-10(9)6-13)15-4-2-1-3-8(15)7-14-16/h5,7-8,16H,1-4H2/b14-7+. The minimum Gasteiger partial charge on any atom is -0.411 e. The summed E-state index contributed by atoms with van der Waals surface area (Å²) >= 11 is 4.85. The molecule has 0 radical (unpaired) electrons. The van der Waals surface area contributed by atoms with Crippen LogP contribution < -0.4 is 4.90 Å². The molecule has 0 saturated carbocycles. The highest BCUT2D eigenvalue weighted by atomic mass is 79.9. The fourth-order valence-corrected chi connectivity index (χ4v) is 3.67. The minimum atomic E-state index is 0.130. The number of oxime groups is 1. The SMILES string of the molecule is N#Cc1sc(N2CCCCC2/C=N/O)cc1Br. The number of hydrogen-bond donors (Lipinski definition) is 1. The molecule has 2 heterocycles. The monoisotopic (exact) mass is 313 g/mol. The third-order valence-corrected chi connectivity index (χ3v) is 4.81. The number of halogens is 1. The predicted molar refractivity (Wildman–Crippen MR) is 72.0 cm³/mol. The molecule has 0 spiro atoms. The summed E-state index contributed by atoms with van der Waals surface area (Å²) in [6.07, 6.45) is 4.83. The maximum absolute atomic E-state index is 8.94. The van der Waals surface area contributed by atoms with Crippen molar-refractivity contribution in [1.82, 2.24) is 0 Å². The van der Waals surface area contributed by atoms with Crippen molar-refractivity contribution in [3.05, 3.63) is 15.4 Å². The van der Waals surface area contributed by atoms with E-state index in [1.165, 1.54) is 11.3 Å². The first kappa shape index (κ1) is 12.4. The number of hydrogen-bond acceptors (Lipinski definition) is 5. The van der Waals surface area contributed by atoms with Crippen molar-refractivity contribution >= 4 is 38.5 Å². The number of piperidine rings is 1. The summed E-state index contributed by atoms with van der Waals surface area (Å²) in [6, 6.07) is 4.26. The van der Waals surface area contributed by atoms with Crippen LogP contribution in [0.1, 0.15) is 24.1 Å². The highest BCUT2D eigenvalue weighted by Gasteiger charge is 2.23. The van der Waals surface area contributed by atoms with Gasteiger partial charge in [0.05, 0.1) is 17.3 Å². The van der Waals surface area contributed by atoms with E-state index in [2.05, 4.69) is 32.1 Å². The van der Waals surface area contributed by atoms with Crippen LogP contribution >= 0.6 is 27.3 Å². The molecule has 4 nitrogen and oxygen atoms in total. The molecule has 0 aromatic carbocycles. The van der Waals surface area contributed by atoms with E-state index in [0.717, 1.165) is 35.3 Å². The molecule has 2 rings (SSSR count). The Morgan fingerprint density at radius 2 is 2.47 bits per heavy atom. The molecule has 0 bridgehead atoms. The third-order valence-electron chi connectivity index (χ3n) is 2.85. The van der Waals surface area contributed by atoms with Gasteiger partial charge in [0.2, 0.25) is 0 Å². The van der Waals surface area contributed by atoms with E-state index in [4.69, 9.17) is 10.5 Å². The lowest BCUT2D eigenvalue weighted by Crippen LogP contribution is -2.40. The van der Waals surface area contributed by atoms with Crippen molar-refractivity contribution in [2.75, 3.05) is 11.4 Å². The molecular formula is C11H12BrN3OS. The van der Waals surface area contributed by atoms with Gasteiger partial charge >= 0.3 is 0 Å². The van der Waals surface area contributed by atoms with Crippen LogP contribution in [0, 0.1) is 11.3 Å². The van der Waals surface area contributed by atoms with E-state index >= 15 is 0 Å². The molecule has 1 unspecified atom stereocenters. The molecule has 1 N–H and O–H groups in total. The average Bonchev–Trinajstić information content (AvgIpc) is 2.71. The predicted octanol–water partition coefficient (Wildman–Crippen LogP) is 3.20. The zero-order valence-corrected chi connectivity index (χ0v) is 11.5. The molecule has 0 amide bonds. The molecule has 1 aliphatic rings. The Bertz CT molecular complexity index is 466. The van der Waals surface area contributed by atoms with Gasteiger partial charge in [-0.3, -0.25) is 0 Å². The van der Waals surface area contributed by atoms with E-state index in [1.807, 2.05) is 6.07 Å².